The van der Waals surface area contributed by atoms with E-state index in [-0.39, 0.29) is 23.7 Å². The maximum Gasteiger partial charge on any atom is 0.264 e. The number of halogens is 1. The number of nitrogens with zero attached hydrogens (tertiary/aromatic N) is 1. The van der Waals surface area contributed by atoms with Crippen molar-refractivity contribution in [3.05, 3.63) is 47.1 Å². The van der Waals surface area contributed by atoms with E-state index in [1.54, 1.807) is 12.1 Å². The first-order chi connectivity index (χ1) is 13.1. The van der Waals surface area contributed by atoms with Crippen LogP contribution in [0.25, 0.3) is 10.4 Å². The van der Waals surface area contributed by atoms with Crippen LogP contribution in [0.1, 0.15) is 35.4 Å². The number of nitrogens with one attached hydrogen (secondary N) is 1. The number of amides is 2. The Labute approximate surface area is 162 Å². The van der Waals surface area contributed by atoms with Gasteiger partial charge in [-0.1, -0.05) is 12.1 Å². The van der Waals surface area contributed by atoms with Gasteiger partial charge in [0.2, 0.25) is 5.91 Å². The van der Waals surface area contributed by atoms with Crippen LogP contribution in [0, 0.1) is 5.82 Å². The summed E-state index contributed by atoms with van der Waals surface area (Å²) in [6.07, 6.45) is 3.19. The fraction of sp³-hybridized carbons (Fsp3) is 0.400. The molecule has 3 N–H and O–H groups in total. The summed E-state index contributed by atoms with van der Waals surface area (Å²) in [6, 6.07) is 9.99. The van der Waals surface area contributed by atoms with E-state index < -0.39 is 0 Å². The molecule has 1 aliphatic rings. The maximum atomic E-state index is 13.1. The lowest BCUT2D eigenvalue weighted by atomic mass is 10.0. The normalized spacial score (nSPS) is 17.0. The van der Waals surface area contributed by atoms with Crippen molar-refractivity contribution in [1.29, 1.82) is 0 Å². The number of carbonyl (C=O) groups excluding carboxylic acids is 2. The van der Waals surface area contributed by atoms with Crippen LogP contribution < -0.4 is 11.1 Å². The van der Waals surface area contributed by atoms with Gasteiger partial charge >= 0.3 is 0 Å². The average Bonchev–Trinajstić information content (AvgIpc) is 3.17. The van der Waals surface area contributed by atoms with Crippen molar-refractivity contribution in [2.24, 2.45) is 5.73 Å². The highest BCUT2D eigenvalue weighted by atomic mass is 32.1. The zero-order valence-electron chi connectivity index (χ0n) is 15.1. The summed E-state index contributed by atoms with van der Waals surface area (Å²) in [6.45, 7) is 1.47. The summed E-state index contributed by atoms with van der Waals surface area (Å²) < 4.78 is 13.1. The van der Waals surface area contributed by atoms with Crippen LogP contribution in [0.4, 0.5) is 4.39 Å². The predicted octanol–water partition coefficient (Wildman–Crippen LogP) is 3.01. The molecule has 1 atom stereocenters. The van der Waals surface area contributed by atoms with Crippen molar-refractivity contribution in [3.63, 3.8) is 0 Å². The summed E-state index contributed by atoms with van der Waals surface area (Å²) >= 11 is 1.41. The van der Waals surface area contributed by atoms with Gasteiger partial charge in [-0.15, -0.1) is 11.3 Å². The van der Waals surface area contributed by atoms with Crippen LogP contribution in [0.5, 0.6) is 0 Å². The van der Waals surface area contributed by atoms with Crippen molar-refractivity contribution < 1.29 is 14.0 Å². The molecule has 2 aromatic rings. The summed E-state index contributed by atoms with van der Waals surface area (Å²) in [5, 5.41) is 2.88. The summed E-state index contributed by atoms with van der Waals surface area (Å²) in [5.41, 5.74) is 6.30. The van der Waals surface area contributed by atoms with Crippen molar-refractivity contribution in [3.8, 4) is 10.4 Å². The Morgan fingerprint density at radius 1 is 1.19 bits per heavy atom. The number of hydrogen-bond acceptors (Lipinski definition) is 4. The molecule has 5 nitrogen and oxygen atoms in total. The summed E-state index contributed by atoms with van der Waals surface area (Å²) in [5.74, 6) is -0.365. The average molecular weight is 389 g/mol. The van der Waals surface area contributed by atoms with Crippen molar-refractivity contribution in [1.82, 2.24) is 10.2 Å². The minimum atomic E-state index is -0.278. The Kier molecular flexibility index (Phi) is 6.58. The Bertz CT molecular complexity index is 791. The van der Waals surface area contributed by atoms with E-state index in [0.717, 1.165) is 29.7 Å². The van der Waals surface area contributed by atoms with Crippen LogP contribution in [0.2, 0.25) is 0 Å². The minimum absolute atomic E-state index is 0.00402. The molecule has 1 unspecified atom stereocenters. The monoisotopic (exact) mass is 389 g/mol. The van der Waals surface area contributed by atoms with Crippen LogP contribution >= 0.6 is 11.3 Å². The number of rotatable bonds is 6. The zero-order chi connectivity index (χ0) is 19.2. The smallest absolute Gasteiger partial charge is 0.264 e. The van der Waals surface area contributed by atoms with Crippen molar-refractivity contribution in [2.45, 2.75) is 31.7 Å². The predicted molar refractivity (Wildman–Crippen MR) is 105 cm³/mol. The van der Waals surface area contributed by atoms with Crippen molar-refractivity contribution in [2.75, 3.05) is 19.6 Å². The molecule has 7 heteroatoms. The highest BCUT2D eigenvalue weighted by Gasteiger charge is 2.28. The Balaban J connectivity index is 1.69. The van der Waals surface area contributed by atoms with Gasteiger partial charge < -0.3 is 16.0 Å². The van der Waals surface area contributed by atoms with Gasteiger partial charge in [0.05, 0.1) is 4.88 Å². The van der Waals surface area contributed by atoms with E-state index in [1.165, 1.54) is 23.5 Å². The van der Waals surface area contributed by atoms with Gasteiger partial charge in [-0.3, -0.25) is 9.59 Å². The van der Waals surface area contributed by atoms with E-state index >= 15 is 0 Å². The molecule has 2 amide bonds. The minimum Gasteiger partial charge on any atom is -0.354 e. The lowest BCUT2D eigenvalue weighted by Gasteiger charge is -2.35. The number of thiophene rings is 1. The zero-order valence-corrected chi connectivity index (χ0v) is 15.9. The highest BCUT2D eigenvalue weighted by molar-refractivity contribution is 7.17. The van der Waals surface area contributed by atoms with Gasteiger partial charge in [-0.05, 0) is 49.1 Å². The SMILES string of the molecule is NCCC(=O)NCC1CCCCN1C(=O)c1ccc(-c2ccc(F)cc2)s1. The standard InChI is InChI=1S/C20H24FN3O2S/c21-15-6-4-14(5-7-15)17-8-9-18(27-17)20(26)24-12-2-1-3-16(24)13-23-19(25)10-11-22/h4-9,16H,1-3,10-13,22H2,(H,23,25). The number of hydrogen-bond donors (Lipinski definition) is 2. The van der Waals surface area contributed by atoms with Gasteiger partial charge in [0, 0.05) is 37.0 Å². The number of piperidine rings is 1. The molecule has 1 fully saturated rings. The first kappa shape index (κ1) is 19.5. The molecule has 1 aliphatic heterocycles. The van der Waals surface area contributed by atoms with Crippen LogP contribution in [0.3, 0.4) is 0 Å². The molecule has 0 bridgehead atoms. The Morgan fingerprint density at radius 2 is 1.96 bits per heavy atom. The van der Waals surface area contributed by atoms with Crippen molar-refractivity contribution >= 4 is 23.2 Å². The molecular weight excluding hydrogens is 365 g/mol. The second-order valence-corrected chi connectivity index (χ2v) is 7.75. The fourth-order valence-electron chi connectivity index (χ4n) is 3.29. The van der Waals surface area contributed by atoms with Crippen LogP contribution in [-0.4, -0.2) is 42.4 Å². The largest absolute Gasteiger partial charge is 0.354 e. The number of likely N-dealkylation sites (tertiary alicyclic amines) is 1. The number of nitrogens with two attached hydrogens (primary N) is 1. The topological polar surface area (TPSA) is 75.4 Å². The van der Waals surface area contributed by atoms with Gasteiger partial charge in [0.1, 0.15) is 5.82 Å². The Morgan fingerprint density at radius 3 is 2.70 bits per heavy atom. The molecule has 2 heterocycles. The van der Waals surface area contributed by atoms with E-state index in [2.05, 4.69) is 5.32 Å². The molecular formula is C20H24FN3O2S. The molecule has 1 aromatic carbocycles. The third kappa shape index (κ3) is 4.93. The molecule has 3 rings (SSSR count). The molecule has 0 aliphatic carbocycles. The van der Waals surface area contributed by atoms with E-state index in [1.807, 2.05) is 17.0 Å². The molecule has 0 saturated carbocycles. The highest BCUT2D eigenvalue weighted by Crippen LogP contribution is 2.30. The molecule has 144 valence electrons. The van der Waals surface area contributed by atoms with E-state index in [0.29, 0.717) is 30.9 Å². The molecule has 27 heavy (non-hydrogen) atoms. The van der Waals surface area contributed by atoms with Gasteiger partial charge in [0.15, 0.2) is 0 Å². The molecule has 1 saturated heterocycles. The second kappa shape index (κ2) is 9.10. The molecule has 0 radical (unpaired) electrons. The summed E-state index contributed by atoms with van der Waals surface area (Å²) in [7, 11) is 0. The van der Waals surface area contributed by atoms with Gasteiger partial charge in [0.25, 0.3) is 5.91 Å². The fourth-order valence-corrected chi connectivity index (χ4v) is 4.26. The molecule has 0 spiro atoms. The first-order valence-corrected chi connectivity index (χ1v) is 10.0. The van der Waals surface area contributed by atoms with E-state index in [9.17, 15) is 14.0 Å². The number of benzene rings is 1. The third-order valence-electron chi connectivity index (χ3n) is 4.74. The lowest BCUT2D eigenvalue weighted by Crippen LogP contribution is -2.49. The summed E-state index contributed by atoms with van der Waals surface area (Å²) in [4.78, 5) is 28.2. The lowest BCUT2D eigenvalue weighted by molar-refractivity contribution is -0.121. The van der Waals surface area contributed by atoms with Crippen LogP contribution in [-0.2, 0) is 4.79 Å². The number of carbonyl (C=O) groups is 2. The van der Waals surface area contributed by atoms with E-state index in [4.69, 9.17) is 5.73 Å². The molecule has 1 aromatic heterocycles. The second-order valence-electron chi connectivity index (χ2n) is 6.66. The maximum absolute atomic E-state index is 13.1. The third-order valence-corrected chi connectivity index (χ3v) is 5.86. The van der Waals surface area contributed by atoms with Crippen LogP contribution in [0.15, 0.2) is 36.4 Å². The Hall–Kier alpha value is -2.25. The van der Waals surface area contributed by atoms with Gasteiger partial charge in [-0.25, -0.2) is 4.39 Å². The quantitative estimate of drug-likeness (QED) is 0.797. The van der Waals surface area contributed by atoms with Gasteiger partial charge in [-0.2, -0.15) is 0 Å². The first-order valence-electron chi connectivity index (χ1n) is 9.22.